The predicted octanol–water partition coefficient (Wildman–Crippen LogP) is -0.0170. The van der Waals surface area contributed by atoms with Gasteiger partial charge in [0.1, 0.15) is 6.54 Å². The second-order valence-corrected chi connectivity index (χ2v) is 8.32. The van der Waals surface area contributed by atoms with Crippen molar-refractivity contribution in [2.75, 3.05) is 18.1 Å². The number of carboxylic acids is 1. The number of benzene rings is 1. The lowest BCUT2D eigenvalue weighted by Gasteiger charge is -2.24. The molecule has 5 N–H and O–H groups in total. The molecule has 0 saturated carbocycles. The van der Waals surface area contributed by atoms with Gasteiger partial charge in [0.15, 0.2) is 16.2 Å². The van der Waals surface area contributed by atoms with E-state index in [2.05, 4.69) is 16.0 Å². The summed E-state index contributed by atoms with van der Waals surface area (Å²) in [6.45, 7) is 3.28. The Hall–Kier alpha value is -2.17. The standard InChI is InChI=1S/C16H25N3O6S/c1-10(2)8-13(15(22)17-9-14(20)21)19-16(23)18-11-4-6-12(7-5-11)26(3,24)25/h4-7,10,13,16,18-19,23H,8-9H2,1-3H3,(H,17,22)(H,20,21)/t13-,16?/m0/s1. The molecule has 10 heteroatoms. The van der Waals surface area contributed by atoms with Gasteiger partial charge in [-0.2, -0.15) is 0 Å². The zero-order valence-electron chi connectivity index (χ0n) is 14.9. The summed E-state index contributed by atoms with van der Waals surface area (Å²) >= 11 is 0. The van der Waals surface area contributed by atoms with Crippen LogP contribution in [0.1, 0.15) is 20.3 Å². The van der Waals surface area contributed by atoms with E-state index in [1.165, 1.54) is 24.3 Å². The minimum absolute atomic E-state index is 0.129. The Morgan fingerprint density at radius 3 is 2.19 bits per heavy atom. The first-order valence-corrected chi connectivity index (χ1v) is 9.88. The Morgan fingerprint density at radius 2 is 1.73 bits per heavy atom. The fourth-order valence-corrected chi connectivity index (χ4v) is 2.83. The lowest BCUT2D eigenvalue weighted by atomic mass is 10.0. The molecule has 1 amide bonds. The average Bonchev–Trinajstić information content (AvgIpc) is 2.51. The molecule has 0 fully saturated rings. The highest BCUT2D eigenvalue weighted by molar-refractivity contribution is 7.90. The van der Waals surface area contributed by atoms with Crippen LogP contribution in [0.15, 0.2) is 29.2 Å². The fraction of sp³-hybridized carbons (Fsp3) is 0.500. The zero-order valence-corrected chi connectivity index (χ0v) is 15.7. The summed E-state index contributed by atoms with van der Waals surface area (Å²) in [5, 5.41) is 26.4. The predicted molar refractivity (Wildman–Crippen MR) is 96.2 cm³/mol. The molecule has 0 spiro atoms. The second kappa shape index (κ2) is 9.51. The number of aliphatic hydroxyl groups is 1. The highest BCUT2D eigenvalue weighted by Gasteiger charge is 2.22. The van der Waals surface area contributed by atoms with Gasteiger partial charge in [-0.05, 0) is 36.6 Å². The fourth-order valence-electron chi connectivity index (χ4n) is 2.20. The van der Waals surface area contributed by atoms with Gasteiger partial charge in [-0.15, -0.1) is 0 Å². The molecule has 0 bridgehead atoms. The van der Waals surface area contributed by atoms with Crippen LogP contribution in [0.2, 0.25) is 0 Å². The summed E-state index contributed by atoms with van der Waals surface area (Å²) in [6, 6.07) is 4.98. The molecule has 0 saturated heterocycles. The third kappa shape index (κ3) is 7.81. The second-order valence-electron chi connectivity index (χ2n) is 6.30. The van der Waals surface area contributed by atoms with E-state index in [-0.39, 0.29) is 10.8 Å². The summed E-state index contributed by atoms with van der Waals surface area (Å²) < 4.78 is 22.9. The van der Waals surface area contributed by atoms with E-state index >= 15 is 0 Å². The summed E-state index contributed by atoms with van der Waals surface area (Å²) in [6.07, 6.45) is 0.188. The Kier molecular flexibility index (Phi) is 8.00. The largest absolute Gasteiger partial charge is 0.480 e. The summed E-state index contributed by atoms with van der Waals surface area (Å²) in [7, 11) is -3.31. The Labute approximate surface area is 152 Å². The topological polar surface area (TPSA) is 145 Å². The Balaban J connectivity index is 2.72. The Bertz CT molecular complexity index is 718. The number of aliphatic carboxylic acids is 1. The quantitative estimate of drug-likeness (QED) is 0.352. The van der Waals surface area contributed by atoms with Crippen LogP contribution in [0.3, 0.4) is 0 Å². The van der Waals surface area contributed by atoms with Gasteiger partial charge in [-0.1, -0.05) is 13.8 Å². The van der Waals surface area contributed by atoms with E-state index in [0.717, 1.165) is 6.26 Å². The normalized spacial score (nSPS) is 13.9. The molecule has 1 rings (SSSR count). The lowest BCUT2D eigenvalue weighted by molar-refractivity contribution is -0.138. The first-order chi connectivity index (χ1) is 12.0. The van der Waals surface area contributed by atoms with Gasteiger partial charge in [-0.25, -0.2) is 8.42 Å². The molecule has 0 radical (unpaired) electrons. The number of hydrogen-bond donors (Lipinski definition) is 5. The first-order valence-electron chi connectivity index (χ1n) is 7.99. The number of carbonyl (C=O) groups excluding carboxylic acids is 1. The van der Waals surface area contributed by atoms with Crippen LogP contribution in [-0.4, -0.2) is 55.7 Å². The van der Waals surface area contributed by atoms with Crippen molar-refractivity contribution in [2.45, 2.75) is 37.6 Å². The maximum atomic E-state index is 12.1. The maximum absolute atomic E-state index is 12.1. The smallest absolute Gasteiger partial charge is 0.322 e. The molecule has 0 aromatic heterocycles. The number of nitrogens with one attached hydrogen (secondary N) is 3. The third-order valence-corrected chi connectivity index (χ3v) is 4.51. The number of carbonyl (C=O) groups is 2. The van der Waals surface area contributed by atoms with Gasteiger partial charge in [0.25, 0.3) is 0 Å². The van der Waals surface area contributed by atoms with Gasteiger partial charge in [-0.3, -0.25) is 14.9 Å². The molecule has 2 atom stereocenters. The number of carboxylic acid groups (broad SMARTS) is 1. The maximum Gasteiger partial charge on any atom is 0.322 e. The van der Waals surface area contributed by atoms with Crippen LogP contribution in [0.4, 0.5) is 5.69 Å². The Morgan fingerprint density at radius 1 is 1.15 bits per heavy atom. The van der Waals surface area contributed by atoms with Crippen molar-refractivity contribution in [1.82, 2.24) is 10.6 Å². The van der Waals surface area contributed by atoms with Crippen molar-refractivity contribution in [3.8, 4) is 0 Å². The SMILES string of the molecule is CC(C)C[C@H](NC(O)Nc1ccc(S(C)(=O)=O)cc1)C(=O)NCC(=O)O. The van der Waals surface area contributed by atoms with Gasteiger partial charge < -0.3 is 20.8 Å². The van der Waals surface area contributed by atoms with Crippen molar-refractivity contribution in [2.24, 2.45) is 5.92 Å². The molecular weight excluding hydrogens is 362 g/mol. The van der Waals surface area contributed by atoms with E-state index in [0.29, 0.717) is 12.1 Å². The van der Waals surface area contributed by atoms with Crippen molar-refractivity contribution in [1.29, 1.82) is 0 Å². The third-order valence-electron chi connectivity index (χ3n) is 3.38. The first kappa shape index (κ1) is 21.9. The molecule has 1 aromatic carbocycles. The van der Waals surface area contributed by atoms with E-state index in [9.17, 15) is 23.1 Å². The monoisotopic (exact) mass is 387 g/mol. The summed E-state index contributed by atoms with van der Waals surface area (Å²) in [5.41, 5.74) is 0.451. The van der Waals surface area contributed by atoms with Crippen LogP contribution in [0, 0.1) is 5.92 Å². The minimum atomic E-state index is -3.31. The number of amides is 1. The van der Waals surface area contributed by atoms with Crippen LogP contribution >= 0.6 is 0 Å². The van der Waals surface area contributed by atoms with Gasteiger partial charge in [0.05, 0.1) is 10.9 Å². The van der Waals surface area contributed by atoms with Crippen LogP contribution in [-0.2, 0) is 19.4 Å². The number of sulfone groups is 1. The van der Waals surface area contributed by atoms with Crippen LogP contribution < -0.4 is 16.0 Å². The molecule has 0 heterocycles. The molecular formula is C16H25N3O6S. The van der Waals surface area contributed by atoms with E-state index in [1.54, 1.807) is 0 Å². The molecule has 0 aliphatic heterocycles. The molecule has 1 unspecified atom stereocenters. The van der Waals surface area contributed by atoms with E-state index in [1.807, 2.05) is 13.8 Å². The molecule has 26 heavy (non-hydrogen) atoms. The van der Waals surface area contributed by atoms with E-state index < -0.39 is 40.7 Å². The van der Waals surface area contributed by atoms with E-state index in [4.69, 9.17) is 5.11 Å². The highest BCUT2D eigenvalue weighted by Crippen LogP contribution is 2.14. The van der Waals surface area contributed by atoms with Crippen molar-refractivity contribution in [3.05, 3.63) is 24.3 Å². The number of anilines is 1. The summed E-state index contributed by atoms with van der Waals surface area (Å²) in [4.78, 5) is 22.8. The lowest BCUT2D eigenvalue weighted by Crippen LogP contribution is -2.52. The van der Waals surface area contributed by atoms with Crippen molar-refractivity contribution in [3.63, 3.8) is 0 Å². The van der Waals surface area contributed by atoms with Gasteiger partial charge in [0, 0.05) is 11.9 Å². The number of hydrogen-bond acceptors (Lipinski definition) is 7. The summed E-state index contributed by atoms with van der Waals surface area (Å²) in [5.74, 6) is -1.56. The number of rotatable bonds is 10. The molecule has 1 aromatic rings. The van der Waals surface area contributed by atoms with Crippen LogP contribution in [0.25, 0.3) is 0 Å². The minimum Gasteiger partial charge on any atom is -0.480 e. The average molecular weight is 387 g/mol. The van der Waals surface area contributed by atoms with Crippen LogP contribution in [0.5, 0.6) is 0 Å². The van der Waals surface area contributed by atoms with Gasteiger partial charge in [0.2, 0.25) is 5.91 Å². The molecule has 9 nitrogen and oxygen atoms in total. The molecule has 146 valence electrons. The van der Waals surface area contributed by atoms with Gasteiger partial charge >= 0.3 is 5.97 Å². The zero-order chi connectivity index (χ0) is 19.9. The van der Waals surface area contributed by atoms with Crippen molar-refractivity contribution < 1.29 is 28.2 Å². The highest BCUT2D eigenvalue weighted by atomic mass is 32.2. The van der Waals surface area contributed by atoms with Crippen molar-refractivity contribution >= 4 is 27.4 Å². The molecule has 0 aliphatic rings. The number of aliphatic hydroxyl groups excluding tert-OH is 1. The molecule has 0 aliphatic carbocycles.